The molecule has 0 unspecified atom stereocenters. The van der Waals surface area contributed by atoms with Crippen LogP contribution in [0.3, 0.4) is 0 Å². The van der Waals surface area contributed by atoms with Gasteiger partial charge in [0.1, 0.15) is 12.4 Å². The van der Waals surface area contributed by atoms with Crippen LogP contribution in [0.2, 0.25) is 0 Å². The lowest BCUT2D eigenvalue weighted by Gasteiger charge is -2.33. The zero-order valence-electron chi connectivity index (χ0n) is 65.1. The summed E-state index contributed by atoms with van der Waals surface area (Å²) in [5, 5.41) is 8.62. The van der Waals surface area contributed by atoms with Gasteiger partial charge >= 0.3 is 0 Å². The second-order valence-corrected chi connectivity index (χ2v) is 24.5. The maximum atomic E-state index is 8.62. The monoisotopic (exact) mass is 1530 g/mol. The van der Waals surface area contributed by atoms with Gasteiger partial charge in [-0.3, -0.25) is 0 Å². The van der Waals surface area contributed by atoms with Crippen molar-refractivity contribution in [3.63, 3.8) is 0 Å². The molecule has 1 rings (SSSR count). The van der Waals surface area contributed by atoms with Gasteiger partial charge in [0.15, 0.2) is 0 Å². The highest BCUT2D eigenvalue weighted by atomic mass is 16.6. The Morgan fingerprint density at radius 1 is 0.181 bits per heavy atom. The molecular formula is C74H142O31. The molecule has 105 heavy (non-hydrogen) atoms. The highest BCUT2D eigenvalue weighted by molar-refractivity contribution is 5.31. The Bertz CT molecular complexity index is 1780. The average molecular weight is 1530 g/mol. The summed E-state index contributed by atoms with van der Waals surface area (Å²) in [6.07, 6.45) is 1.11. The van der Waals surface area contributed by atoms with Gasteiger partial charge in [0.25, 0.3) is 0 Å². The predicted octanol–water partition coefficient (Wildman–Crippen LogP) is 4.25. The summed E-state index contributed by atoms with van der Waals surface area (Å²) in [5.41, 5.74) is 1.70. The van der Waals surface area contributed by atoms with Crippen LogP contribution >= 0.6 is 0 Å². The largest absolute Gasteiger partial charge is 0.491 e. The molecule has 1 N–H and O–H groups in total. The summed E-state index contributed by atoms with van der Waals surface area (Å²) in [7, 11) is 0. The minimum atomic E-state index is 0.0163. The molecule has 0 heterocycles. The van der Waals surface area contributed by atoms with E-state index in [4.69, 9.17) is 147 Å². The average Bonchev–Trinajstić information content (AvgIpc) is 0.829. The molecule has 1 aromatic carbocycles. The molecule has 0 amide bonds. The third-order valence-corrected chi connectivity index (χ3v) is 13.8. The third kappa shape index (κ3) is 82.6. The predicted molar refractivity (Wildman–Crippen MR) is 390 cm³/mol. The maximum absolute atomic E-state index is 8.62. The first-order chi connectivity index (χ1) is 51.7. The number of rotatable bonds is 92. The van der Waals surface area contributed by atoms with Gasteiger partial charge in [-0.15, -0.1) is 0 Å². The van der Waals surface area contributed by atoms with Crippen molar-refractivity contribution in [3.8, 4) is 5.75 Å². The molecule has 1 aromatic rings. The molecule has 0 saturated carbocycles. The molecule has 0 radical (unpaired) electrons. The molecule has 0 spiro atoms. The van der Waals surface area contributed by atoms with E-state index in [1.807, 2.05) is 12.1 Å². The van der Waals surface area contributed by atoms with Gasteiger partial charge in [0, 0.05) is 0 Å². The molecule has 624 valence electrons. The molecule has 0 aliphatic carbocycles. The summed E-state index contributed by atoms with van der Waals surface area (Å²) in [4.78, 5) is 0. The highest BCUT2D eigenvalue weighted by Crippen LogP contribution is 2.36. The van der Waals surface area contributed by atoms with Crippen LogP contribution in [0.25, 0.3) is 0 Å². The summed E-state index contributed by atoms with van der Waals surface area (Å²) < 4.78 is 166. The summed E-state index contributed by atoms with van der Waals surface area (Å²) in [6, 6.07) is 8.41. The van der Waals surface area contributed by atoms with Crippen molar-refractivity contribution < 1.29 is 147 Å². The first-order valence-corrected chi connectivity index (χ1v) is 37.8. The van der Waals surface area contributed by atoms with E-state index in [-0.39, 0.29) is 17.4 Å². The normalized spacial score (nSPS) is 12.1. The Morgan fingerprint density at radius 3 is 0.429 bits per heavy atom. The summed E-state index contributed by atoms with van der Waals surface area (Å²) in [6.45, 7) is 39.9. The number of benzene rings is 1. The number of hydrogen-bond donors (Lipinski definition) is 1. The van der Waals surface area contributed by atoms with Crippen LogP contribution in [0.4, 0.5) is 0 Å². The Kier molecular flexibility index (Phi) is 80.9. The van der Waals surface area contributed by atoms with E-state index >= 15 is 0 Å². The van der Waals surface area contributed by atoms with Crippen LogP contribution in [-0.2, 0) is 143 Å². The SMILES string of the molecule is CC(C)(C)CC(C)(C)c1ccc(OCCOCCOCCOCCOCCOCCOCCOCCOCCOCCOCCOCCOCCOCCOCCOCCOCCOCCOCCOCCOCCOCCOCCOCCOCCOCCOCCOCCOCCOCCO)cc1. The van der Waals surface area contributed by atoms with Gasteiger partial charge in [-0.05, 0) is 34.9 Å². The van der Waals surface area contributed by atoms with Crippen molar-refractivity contribution in [2.45, 2.75) is 46.5 Å². The van der Waals surface area contributed by atoms with Crippen LogP contribution in [0.1, 0.15) is 46.6 Å². The number of aliphatic hydroxyl groups is 1. The van der Waals surface area contributed by atoms with Crippen LogP contribution in [0.5, 0.6) is 5.75 Å². The van der Waals surface area contributed by atoms with Gasteiger partial charge in [-0.1, -0.05) is 46.8 Å². The van der Waals surface area contributed by atoms with Crippen LogP contribution in [-0.4, -0.2) is 402 Å². The van der Waals surface area contributed by atoms with Crippen molar-refractivity contribution in [1.29, 1.82) is 0 Å². The highest BCUT2D eigenvalue weighted by Gasteiger charge is 2.27. The smallest absolute Gasteiger partial charge is 0.119 e. The Hall–Kier alpha value is -2.18. The Labute approximate surface area is 628 Å². The Balaban J connectivity index is 1.60. The molecule has 31 heteroatoms. The van der Waals surface area contributed by atoms with Crippen molar-refractivity contribution >= 4 is 0 Å². The lowest BCUT2D eigenvalue weighted by molar-refractivity contribution is -0.0324. The van der Waals surface area contributed by atoms with Crippen molar-refractivity contribution in [2.24, 2.45) is 5.41 Å². The quantitative estimate of drug-likeness (QED) is 0.0891. The lowest BCUT2D eigenvalue weighted by atomic mass is 9.72. The van der Waals surface area contributed by atoms with Gasteiger partial charge in [-0.25, -0.2) is 0 Å². The molecule has 0 aliphatic heterocycles. The summed E-state index contributed by atoms with van der Waals surface area (Å²) in [5.74, 6) is 0.853. The molecule has 0 fully saturated rings. The zero-order chi connectivity index (χ0) is 75.3. The Morgan fingerprint density at radius 2 is 0.305 bits per heavy atom. The fourth-order valence-electron chi connectivity index (χ4n) is 8.97. The summed E-state index contributed by atoms with van der Waals surface area (Å²) >= 11 is 0. The van der Waals surface area contributed by atoms with E-state index in [9.17, 15) is 0 Å². The molecule has 0 aliphatic rings. The van der Waals surface area contributed by atoms with Gasteiger partial charge < -0.3 is 147 Å². The number of hydrogen-bond acceptors (Lipinski definition) is 31. The zero-order valence-corrected chi connectivity index (χ0v) is 65.1. The van der Waals surface area contributed by atoms with Gasteiger partial charge in [0.2, 0.25) is 0 Å². The van der Waals surface area contributed by atoms with Gasteiger partial charge in [-0.2, -0.15) is 0 Å². The molecule has 31 nitrogen and oxygen atoms in total. The number of aliphatic hydroxyl groups excluding tert-OH is 1. The number of ether oxygens (including phenoxy) is 30. The van der Waals surface area contributed by atoms with Crippen molar-refractivity contribution in [3.05, 3.63) is 29.8 Å². The van der Waals surface area contributed by atoms with E-state index in [1.54, 1.807) is 0 Å². The molecule has 0 aromatic heterocycles. The lowest BCUT2D eigenvalue weighted by Crippen LogP contribution is -2.24. The van der Waals surface area contributed by atoms with E-state index in [0.717, 1.165) is 12.2 Å². The molecule has 0 atom stereocenters. The fourth-order valence-corrected chi connectivity index (χ4v) is 8.97. The minimum Gasteiger partial charge on any atom is -0.491 e. The molecule has 0 saturated heterocycles. The fraction of sp³-hybridized carbons (Fsp3) is 0.919. The minimum absolute atomic E-state index is 0.0163. The van der Waals surface area contributed by atoms with Crippen molar-refractivity contribution in [1.82, 2.24) is 0 Å². The first-order valence-electron chi connectivity index (χ1n) is 37.8. The first kappa shape index (κ1) is 101. The second-order valence-electron chi connectivity index (χ2n) is 24.5. The van der Waals surface area contributed by atoms with E-state index in [0.29, 0.717) is 390 Å². The molecule has 0 bridgehead atoms. The van der Waals surface area contributed by atoms with Gasteiger partial charge in [0.05, 0.1) is 390 Å². The standard InChI is InChI=1S/C74H142O31/c1-73(2,3)70-74(4,5)71-6-8-72(9-7-71)105-69-68-104-67-66-103-65-64-102-63-62-101-61-60-100-59-58-99-57-56-98-55-54-97-53-52-96-51-50-95-49-48-94-47-46-93-45-44-92-43-42-91-41-40-90-39-38-89-37-36-88-35-34-87-33-32-86-31-30-85-29-28-84-27-26-83-25-24-82-23-22-81-21-20-80-19-18-79-17-16-78-15-14-77-13-12-76-11-10-75/h6-9,75H,10-70H2,1-5H3. The van der Waals surface area contributed by atoms with E-state index in [2.05, 4.69) is 46.8 Å². The van der Waals surface area contributed by atoms with Crippen LogP contribution in [0.15, 0.2) is 24.3 Å². The topological polar surface area (TPSA) is 297 Å². The second kappa shape index (κ2) is 84.3. The maximum Gasteiger partial charge on any atom is 0.119 e. The third-order valence-electron chi connectivity index (χ3n) is 13.8. The van der Waals surface area contributed by atoms with Crippen LogP contribution in [0, 0.1) is 5.41 Å². The van der Waals surface area contributed by atoms with Crippen molar-refractivity contribution in [2.75, 3.05) is 396 Å². The van der Waals surface area contributed by atoms with E-state index in [1.165, 1.54) is 5.56 Å². The molecular weight excluding hydrogens is 1380 g/mol. The van der Waals surface area contributed by atoms with E-state index < -0.39 is 0 Å². The van der Waals surface area contributed by atoms with Crippen LogP contribution < -0.4 is 4.74 Å².